The monoisotopic (exact) mass is 336 g/mol. The number of rotatable bonds is 5. The molecule has 0 amide bonds. The number of alkyl halides is 3. The lowest BCUT2D eigenvalue weighted by molar-refractivity contribution is -0.137. The van der Waals surface area contributed by atoms with Crippen LogP contribution in [0.15, 0.2) is 47.1 Å². The zero-order chi connectivity index (χ0) is 17.2. The van der Waals surface area contributed by atoms with Gasteiger partial charge in [0.15, 0.2) is 5.76 Å². The molecule has 8 heteroatoms. The second-order valence-electron chi connectivity index (χ2n) is 5.18. The number of nitrogens with zero attached hydrogens (tertiary/aromatic N) is 3. The molecule has 126 valence electrons. The normalized spacial score (nSPS) is 11.8. The summed E-state index contributed by atoms with van der Waals surface area (Å²) >= 11 is 0. The van der Waals surface area contributed by atoms with Crippen LogP contribution in [0.3, 0.4) is 0 Å². The van der Waals surface area contributed by atoms with Gasteiger partial charge in [-0.3, -0.25) is 0 Å². The predicted octanol–water partition coefficient (Wildman–Crippen LogP) is 3.44. The van der Waals surface area contributed by atoms with Crippen LogP contribution in [0.2, 0.25) is 0 Å². The third-order valence-corrected chi connectivity index (χ3v) is 3.46. The Hall–Kier alpha value is -2.61. The summed E-state index contributed by atoms with van der Waals surface area (Å²) in [7, 11) is 0. The molecule has 24 heavy (non-hydrogen) atoms. The van der Waals surface area contributed by atoms with E-state index in [0.717, 1.165) is 12.1 Å². The van der Waals surface area contributed by atoms with E-state index in [-0.39, 0.29) is 0 Å². The van der Waals surface area contributed by atoms with Crippen LogP contribution in [0.5, 0.6) is 0 Å². The number of halogens is 3. The van der Waals surface area contributed by atoms with E-state index in [1.165, 1.54) is 23.1 Å². The van der Waals surface area contributed by atoms with E-state index in [0.29, 0.717) is 42.5 Å². The van der Waals surface area contributed by atoms with Gasteiger partial charge in [-0.1, -0.05) is 0 Å². The van der Waals surface area contributed by atoms with E-state index in [9.17, 15) is 13.2 Å². The van der Waals surface area contributed by atoms with Gasteiger partial charge < -0.3 is 10.2 Å². The highest BCUT2D eigenvalue weighted by molar-refractivity contribution is 5.47. The average Bonchev–Trinajstić information content (AvgIpc) is 3.21. The highest BCUT2D eigenvalue weighted by Gasteiger charge is 2.30. The van der Waals surface area contributed by atoms with Crippen molar-refractivity contribution in [3.05, 3.63) is 54.0 Å². The summed E-state index contributed by atoms with van der Waals surface area (Å²) in [6.07, 6.45) is -1.61. The van der Waals surface area contributed by atoms with Gasteiger partial charge >= 0.3 is 6.18 Å². The zero-order valence-electron chi connectivity index (χ0n) is 12.6. The zero-order valence-corrected chi connectivity index (χ0v) is 12.6. The van der Waals surface area contributed by atoms with Gasteiger partial charge in [0, 0.05) is 6.42 Å². The molecule has 3 aromatic rings. The smallest absolute Gasteiger partial charge is 0.416 e. The average molecular weight is 336 g/mol. The second kappa shape index (κ2) is 6.48. The Morgan fingerprint density at radius 1 is 1.12 bits per heavy atom. The summed E-state index contributed by atoms with van der Waals surface area (Å²) in [5.41, 5.74) is 5.33. The van der Waals surface area contributed by atoms with Gasteiger partial charge in [0.05, 0.1) is 17.5 Å². The SMILES string of the molecule is NCCCc1nc(-c2ccco2)nn1-c1ccc(C(F)(F)F)cc1. The van der Waals surface area contributed by atoms with Gasteiger partial charge in [-0.2, -0.15) is 13.2 Å². The lowest BCUT2D eigenvalue weighted by atomic mass is 10.2. The summed E-state index contributed by atoms with van der Waals surface area (Å²) < 4.78 is 44.9. The Morgan fingerprint density at radius 3 is 2.46 bits per heavy atom. The quantitative estimate of drug-likeness (QED) is 0.775. The maximum absolute atomic E-state index is 12.7. The van der Waals surface area contributed by atoms with Crippen LogP contribution < -0.4 is 5.73 Å². The van der Waals surface area contributed by atoms with E-state index in [4.69, 9.17) is 10.2 Å². The lowest BCUT2D eigenvalue weighted by Gasteiger charge is -2.09. The molecule has 2 heterocycles. The summed E-state index contributed by atoms with van der Waals surface area (Å²) in [4.78, 5) is 4.42. The van der Waals surface area contributed by atoms with Crippen molar-refractivity contribution in [2.45, 2.75) is 19.0 Å². The highest BCUT2D eigenvalue weighted by atomic mass is 19.4. The van der Waals surface area contributed by atoms with Gasteiger partial charge in [0.25, 0.3) is 0 Å². The summed E-state index contributed by atoms with van der Waals surface area (Å²) in [6.45, 7) is 0.482. The molecule has 0 unspecified atom stereocenters. The Labute approximate surface area is 135 Å². The van der Waals surface area contributed by atoms with E-state index >= 15 is 0 Å². The van der Waals surface area contributed by atoms with E-state index < -0.39 is 11.7 Å². The molecule has 2 aromatic heterocycles. The first-order valence-electron chi connectivity index (χ1n) is 7.36. The number of aryl methyl sites for hydroxylation is 1. The maximum Gasteiger partial charge on any atom is 0.416 e. The molecule has 0 aliphatic carbocycles. The number of benzene rings is 1. The lowest BCUT2D eigenvalue weighted by Crippen LogP contribution is -2.08. The molecule has 0 atom stereocenters. The molecular formula is C16H15F3N4O. The van der Waals surface area contributed by atoms with E-state index in [1.54, 1.807) is 12.1 Å². The number of nitrogens with two attached hydrogens (primary N) is 1. The second-order valence-corrected chi connectivity index (χ2v) is 5.18. The minimum Gasteiger partial charge on any atom is -0.461 e. The van der Waals surface area contributed by atoms with Crippen LogP contribution in [0.1, 0.15) is 17.8 Å². The van der Waals surface area contributed by atoms with Crippen LogP contribution in [0, 0.1) is 0 Å². The number of aromatic nitrogens is 3. The highest BCUT2D eigenvalue weighted by Crippen LogP contribution is 2.30. The molecule has 0 bridgehead atoms. The van der Waals surface area contributed by atoms with E-state index in [1.807, 2.05) is 0 Å². The van der Waals surface area contributed by atoms with Crippen molar-refractivity contribution in [3.8, 4) is 17.3 Å². The van der Waals surface area contributed by atoms with Gasteiger partial charge in [0.1, 0.15) is 5.82 Å². The first kappa shape index (κ1) is 16.3. The Balaban J connectivity index is 1.99. The van der Waals surface area contributed by atoms with E-state index in [2.05, 4.69) is 10.1 Å². The molecule has 0 radical (unpaired) electrons. The fourth-order valence-electron chi connectivity index (χ4n) is 2.27. The summed E-state index contributed by atoms with van der Waals surface area (Å²) in [6, 6.07) is 8.23. The third kappa shape index (κ3) is 3.33. The minimum atomic E-state index is -4.37. The van der Waals surface area contributed by atoms with Crippen molar-refractivity contribution < 1.29 is 17.6 Å². The molecule has 0 saturated heterocycles. The fourth-order valence-corrected chi connectivity index (χ4v) is 2.27. The van der Waals surface area contributed by atoms with Gasteiger partial charge in [-0.15, -0.1) is 5.10 Å². The maximum atomic E-state index is 12.7. The number of furan rings is 1. The van der Waals surface area contributed by atoms with Gasteiger partial charge in [0.2, 0.25) is 5.82 Å². The summed E-state index contributed by atoms with van der Waals surface area (Å²) in [5.74, 6) is 1.49. The van der Waals surface area contributed by atoms with Crippen LogP contribution in [0.4, 0.5) is 13.2 Å². The van der Waals surface area contributed by atoms with Crippen molar-refractivity contribution in [1.82, 2.24) is 14.8 Å². The molecule has 0 aliphatic heterocycles. The largest absolute Gasteiger partial charge is 0.461 e. The Bertz CT molecular complexity index is 792. The van der Waals surface area contributed by atoms with Gasteiger partial charge in [-0.05, 0) is 49.4 Å². The van der Waals surface area contributed by atoms with Crippen LogP contribution in [-0.2, 0) is 12.6 Å². The molecule has 0 spiro atoms. The molecule has 3 rings (SSSR count). The minimum absolute atomic E-state index is 0.381. The Morgan fingerprint density at radius 2 is 1.88 bits per heavy atom. The standard InChI is InChI=1S/C16H15F3N4O/c17-16(18,19)11-5-7-12(8-6-11)23-14(4-1-9-20)21-15(22-23)13-3-2-10-24-13/h2-3,5-8,10H,1,4,9,20H2. The molecular weight excluding hydrogens is 321 g/mol. The molecule has 1 aromatic carbocycles. The molecule has 0 saturated carbocycles. The van der Waals surface area contributed by atoms with Crippen LogP contribution in [0.25, 0.3) is 17.3 Å². The van der Waals surface area contributed by atoms with Crippen molar-refractivity contribution in [1.29, 1.82) is 0 Å². The fraction of sp³-hybridized carbons (Fsp3) is 0.250. The van der Waals surface area contributed by atoms with Gasteiger partial charge in [-0.25, -0.2) is 9.67 Å². The van der Waals surface area contributed by atoms with Crippen molar-refractivity contribution in [3.63, 3.8) is 0 Å². The first-order valence-corrected chi connectivity index (χ1v) is 7.36. The van der Waals surface area contributed by atoms with Crippen LogP contribution in [-0.4, -0.2) is 21.3 Å². The van der Waals surface area contributed by atoms with Crippen LogP contribution >= 0.6 is 0 Å². The number of hydrogen-bond acceptors (Lipinski definition) is 4. The third-order valence-electron chi connectivity index (χ3n) is 3.46. The molecule has 0 aliphatic rings. The first-order chi connectivity index (χ1) is 11.5. The van der Waals surface area contributed by atoms with Crippen molar-refractivity contribution in [2.75, 3.05) is 6.54 Å². The molecule has 0 fully saturated rings. The summed E-state index contributed by atoms with van der Waals surface area (Å²) in [5, 5.41) is 4.36. The van der Waals surface area contributed by atoms with Crippen molar-refractivity contribution >= 4 is 0 Å². The predicted molar refractivity (Wildman–Crippen MR) is 81.4 cm³/mol. The topological polar surface area (TPSA) is 69.9 Å². The van der Waals surface area contributed by atoms with Crippen molar-refractivity contribution in [2.24, 2.45) is 5.73 Å². The molecule has 2 N–H and O–H groups in total. The molecule has 5 nitrogen and oxygen atoms in total. The number of hydrogen-bond donors (Lipinski definition) is 1. The Kier molecular flexibility index (Phi) is 4.39.